The second-order valence-electron chi connectivity index (χ2n) is 8.49. The first-order valence-electron chi connectivity index (χ1n) is 9.09. The molecule has 1 heterocycles. The van der Waals surface area contributed by atoms with Crippen molar-refractivity contribution in [2.24, 2.45) is 17.8 Å². The second-order valence-corrected chi connectivity index (χ2v) is 8.49. The average Bonchev–Trinajstić information content (AvgIpc) is 2.68. The molecule has 2 atom stereocenters. The molecule has 1 aliphatic heterocycles. The summed E-state index contributed by atoms with van der Waals surface area (Å²) in [7, 11) is 0. The Morgan fingerprint density at radius 3 is 1.86 bits per heavy atom. The number of halogens is 6. The predicted molar refractivity (Wildman–Crippen MR) is 76.9 cm³/mol. The third kappa shape index (κ3) is 2.93. The molecule has 29 heavy (non-hydrogen) atoms. The zero-order valence-corrected chi connectivity index (χ0v) is 14.9. The molecule has 2 unspecified atom stereocenters. The normalized spacial score (nSPS) is 39.2. The van der Waals surface area contributed by atoms with Crippen LogP contribution in [-0.2, 0) is 23.8 Å². The molecule has 0 amide bonds. The fourth-order valence-electron chi connectivity index (χ4n) is 5.46. The van der Waals surface area contributed by atoms with E-state index in [1.807, 2.05) is 0 Å². The Morgan fingerprint density at radius 1 is 0.931 bits per heavy atom. The first-order valence-corrected chi connectivity index (χ1v) is 9.09. The highest BCUT2D eigenvalue weighted by Crippen LogP contribution is 2.63. The molecule has 0 aromatic heterocycles. The highest BCUT2D eigenvalue weighted by molar-refractivity contribution is 5.99. The summed E-state index contributed by atoms with van der Waals surface area (Å²) in [5, 5.41) is 10.5. The molecule has 0 aromatic rings. The van der Waals surface area contributed by atoms with Gasteiger partial charge < -0.3 is 24.1 Å². The molecule has 0 radical (unpaired) electrons. The first kappa shape index (κ1) is 20.7. The van der Waals surface area contributed by atoms with E-state index in [0.717, 1.165) is 0 Å². The molecule has 4 bridgehead atoms. The maximum atomic E-state index is 13.7. The second kappa shape index (κ2) is 5.99. The number of carboxylic acids is 1. The number of hydrogen-bond acceptors (Lipinski definition) is 6. The number of rotatable bonds is 3. The third-order valence-electron chi connectivity index (χ3n) is 6.59. The van der Waals surface area contributed by atoms with Crippen molar-refractivity contribution in [3.8, 4) is 0 Å². The van der Waals surface area contributed by atoms with Gasteiger partial charge >= 0.3 is 23.7 Å². The Balaban J connectivity index is 1.58. The Hall–Kier alpha value is -1.56. The standard InChI is InChI=1S/C17H18F6O6/c18-14(19)6-27-17(28-7-15(14,20)21)9-1-8-2-10(17)5-13(3-8,4-9)29-12(26)16(22,23)11(24)25/h8-10H,1-7H2,(H,24,25)/p-1. The maximum Gasteiger partial charge on any atom is 0.383 e. The summed E-state index contributed by atoms with van der Waals surface area (Å²) in [6.07, 6.45) is 0.558. The van der Waals surface area contributed by atoms with E-state index in [2.05, 4.69) is 0 Å². The van der Waals surface area contributed by atoms with E-state index in [4.69, 9.17) is 14.2 Å². The Labute approximate surface area is 160 Å². The monoisotopic (exact) mass is 431 g/mol. The van der Waals surface area contributed by atoms with Crippen LogP contribution in [0.15, 0.2) is 0 Å². The van der Waals surface area contributed by atoms with Crippen molar-refractivity contribution >= 4 is 11.9 Å². The molecule has 12 heteroatoms. The van der Waals surface area contributed by atoms with Crippen molar-refractivity contribution in [2.45, 2.75) is 61.3 Å². The fourth-order valence-corrected chi connectivity index (χ4v) is 5.46. The van der Waals surface area contributed by atoms with Gasteiger partial charge in [-0.05, 0) is 38.0 Å². The lowest BCUT2D eigenvalue weighted by atomic mass is 9.51. The topological polar surface area (TPSA) is 84.9 Å². The fraction of sp³-hybridized carbons (Fsp3) is 0.882. The number of carboxylic acid groups (broad SMARTS) is 1. The van der Waals surface area contributed by atoms with Gasteiger partial charge in [-0.1, -0.05) is 0 Å². The third-order valence-corrected chi connectivity index (χ3v) is 6.59. The molecule has 0 aromatic carbocycles. The van der Waals surface area contributed by atoms with Gasteiger partial charge in [0, 0.05) is 11.8 Å². The summed E-state index contributed by atoms with van der Waals surface area (Å²) >= 11 is 0. The quantitative estimate of drug-likeness (QED) is 0.383. The molecule has 5 aliphatic rings. The van der Waals surface area contributed by atoms with E-state index < -0.39 is 66.1 Å². The first-order chi connectivity index (χ1) is 13.2. The number of hydrogen-bond donors (Lipinski definition) is 0. The number of esters is 1. The lowest BCUT2D eigenvalue weighted by Gasteiger charge is -2.63. The van der Waals surface area contributed by atoms with Gasteiger partial charge in [0.05, 0.1) is 0 Å². The van der Waals surface area contributed by atoms with Crippen molar-refractivity contribution in [1.29, 1.82) is 0 Å². The molecule has 5 fully saturated rings. The molecular formula is C17H17F6O6-. The number of ether oxygens (including phenoxy) is 3. The van der Waals surface area contributed by atoms with E-state index in [9.17, 15) is 41.0 Å². The summed E-state index contributed by atoms with van der Waals surface area (Å²) in [4.78, 5) is 22.2. The summed E-state index contributed by atoms with van der Waals surface area (Å²) < 4.78 is 97.2. The van der Waals surface area contributed by atoms with Crippen LogP contribution in [0.3, 0.4) is 0 Å². The molecule has 1 saturated heterocycles. The van der Waals surface area contributed by atoms with Crippen LogP contribution in [0.5, 0.6) is 0 Å². The van der Waals surface area contributed by atoms with Crippen LogP contribution in [0.2, 0.25) is 0 Å². The zero-order chi connectivity index (χ0) is 21.5. The molecule has 1 spiro atoms. The van der Waals surface area contributed by atoms with Gasteiger partial charge in [-0.25, -0.2) is 4.79 Å². The summed E-state index contributed by atoms with van der Waals surface area (Å²) in [6, 6.07) is 0. The van der Waals surface area contributed by atoms with Crippen LogP contribution in [0.25, 0.3) is 0 Å². The van der Waals surface area contributed by atoms with Crippen LogP contribution in [0.1, 0.15) is 32.1 Å². The molecule has 6 nitrogen and oxygen atoms in total. The minimum atomic E-state index is -4.85. The molecule has 4 aliphatic carbocycles. The zero-order valence-electron chi connectivity index (χ0n) is 14.9. The molecular weight excluding hydrogens is 414 g/mol. The number of aliphatic carboxylic acids is 1. The van der Waals surface area contributed by atoms with Gasteiger partial charge in [-0.2, -0.15) is 26.3 Å². The van der Waals surface area contributed by atoms with Crippen LogP contribution in [0, 0.1) is 17.8 Å². The van der Waals surface area contributed by atoms with Crippen molar-refractivity contribution in [1.82, 2.24) is 0 Å². The van der Waals surface area contributed by atoms with Crippen molar-refractivity contribution in [3.63, 3.8) is 0 Å². The number of carbonyl (C=O) groups is 2. The van der Waals surface area contributed by atoms with Crippen molar-refractivity contribution < 1.29 is 55.2 Å². The Kier molecular flexibility index (Phi) is 4.28. The van der Waals surface area contributed by atoms with Gasteiger partial charge in [-0.15, -0.1) is 0 Å². The summed E-state index contributed by atoms with van der Waals surface area (Å²) in [6.45, 7) is -3.12. The average molecular weight is 431 g/mol. The van der Waals surface area contributed by atoms with Gasteiger partial charge in [0.25, 0.3) is 0 Å². The Morgan fingerprint density at radius 2 is 1.41 bits per heavy atom. The SMILES string of the molecule is O=C([O-])C(F)(F)C(=O)OC12CC3CC(C1)C1(OCC(F)(F)C(F)(F)CO1)C(C3)C2. The van der Waals surface area contributed by atoms with Gasteiger partial charge in [0.1, 0.15) is 24.8 Å². The molecule has 4 saturated carbocycles. The highest BCUT2D eigenvalue weighted by atomic mass is 19.3. The Bertz CT molecular complexity index is 704. The minimum Gasteiger partial charge on any atom is -0.543 e. The minimum absolute atomic E-state index is 0.147. The summed E-state index contributed by atoms with van der Waals surface area (Å²) in [5.41, 5.74) is -1.46. The van der Waals surface area contributed by atoms with E-state index in [0.29, 0.717) is 12.8 Å². The molecule has 5 rings (SSSR count). The van der Waals surface area contributed by atoms with Crippen LogP contribution in [-0.4, -0.2) is 54.3 Å². The maximum absolute atomic E-state index is 13.7. The van der Waals surface area contributed by atoms with Gasteiger partial charge in [-0.3, -0.25) is 0 Å². The number of alkyl halides is 6. The van der Waals surface area contributed by atoms with E-state index in [1.54, 1.807) is 0 Å². The molecule has 164 valence electrons. The van der Waals surface area contributed by atoms with E-state index in [1.165, 1.54) is 0 Å². The largest absolute Gasteiger partial charge is 0.543 e. The highest BCUT2D eigenvalue weighted by Gasteiger charge is 2.70. The van der Waals surface area contributed by atoms with E-state index >= 15 is 0 Å². The smallest absolute Gasteiger partial charge is 0.383 e. The van der Waals surface area contributed by atoms with E-state index in [-0.39, 0.29) is 25.2 Å². The lowest BCUT2D eigenvalue weighted by molar-refractivity contribution is -0.357. The van der Waals surface area contributed by atoms with Crippen molar-refractivity contribution in [2.75, 3.05) is 13.2 Å². The number of carbonyl (C=O) groups excluding carboxylic acids is 2. The van der Waals surface area contributed by atoms with Crippen molar-refractivity contribution in [3.05, 3.63) is 0 Å². The van der Waals surface area contributed by atoms with Gasteiger partial charge in [0.2, 0.25) is 0 Å². The van der Waals surface area contributed by atoms with Gasteiger partial charge in [0.15, 0.2) is 5.79 Å². The van der Waals surface area contributed by atoms with Crippen LogP contribution >= 0.6 is 0 Å². The van der Waals surface area contributed by atoms with Crippen LogP contribution in [0.4, 0.5) is 26.3 Å². The lowest BCUT2D eigenvalue weighted by Crippen LogP contribution is -2.67. The summed E-state index contributed by atoms with van der Waals surface area (Å²) in [5.74, 6) is -22.3. The predicted octanol–water partition coefficient (Wildman–Crippen LogP) is 1.51. The molecule has 0 N–H and O–H groups in total. The van der Waals surface area contributed by atoms with Crippen LogP contribution < -0.4 is 5.11 Å².